The molecule has 0 radical (unpaired) electrons. The first-order chi connectivity index (χ1) is 10.8. The van der Waals surface area contributed by atoms with Gasteiger partial charge in [-0.25, -0.2) is 4.79 Å². The molecular weight excluding hydrogens is 343 g/mol. The maximum Gasteiger partial charge on any atom is 0.339 e. The Labute approximate surface area is 142 Å². The van der Waals surface area contributed by atoms with Gasteiger partial charge in [-0.05, 0) is 29.8 Å². The van der Waals surface area contributed by atoms with Crippen LogP contribution in [0.25, 0.3) is 0 Å². The molecule has 2 aromatic carbocycles. The van der Waals surface area contributed by atoms with Gasteiger partial charge in [-0.1, -0.05) is 23.2 Å². The highest BCUT2D eigenvalue weighted by atomic mass is 35.5. The molecule has 0 aliphatic heterocycles. The summed E-state index contributed by atoms with van der Waals surface area (Å²) in [4.78, 5) is 23.7. The predicted molar refractivity (Wildman–Crippen MR) is 86.1 cm³/mol. The topological polar surface area (TPSA) is 83.8 Å². The maximum atomic E-state index is 12.4. The van der Waals surface area contributed by atoms with Crippen LogP contribution in [0.3, 0.4) is 0 Å². The number of hydrogen-bond donors (Lipinski definition) is 2. The number of aromatic hydroxyl groups is 1. The number of rotatable bonds is 5. The number of Topliss-reactive ketones (excluding diaryl/α,β-unsaturated/α-hetero) is 1. The third kappa shape index (κ3) is 3.75. The van der Waals surface area contributed by atoms with Crippen molar-refractivity contribution < 1.29 is 24.5 Å². The predicted octanol–water partition coefficient (Wildman–Crippen LogP) is 3.83. The average molecular weight is 355 g/mol. The maximum absolute atomic E-state index is 12.4. The Morgan fingerprint density at radius 2 is 1.87 bits per heavy atom. The van der Waals surface area contributed by atoms with Gasteiger partial charge < -0.3 is 14.9 Å². The summed E-state index contributed by atoms with van der Waals surface area (Å²) >= 11 is 11.8. The molecule has 120 valence electrons. The Morgan fingerprint density at radius 3 is 2.43 bits per heavy atom. The second-order valence-corrected chi connectivity index (χ2v) is 5.55. The van der Waals surface area contributed by atoms with Gasteiger partial charge in [0.05, 0.1) is 12.1 Å². The van der Waals surface area contributed by atoms with Crippen molar-refractivity contribution in [2.45, 2.75) is 6.42 Å². The minimum atomic E-state index is -1.34. The van der Waals surface area contributed by atoms with Crippen molar-refractivity contribution in [1.82, 2.24) is 0 Å². The van der Waals surface area contributed by atoms with Gasteiger partial charge in [0.1, 0.15) is 17.1 Å². The molecule has 0 bridgehead atoms. The first-order valence-electron chi connectivity index (χ1n) is 6.45. The Hall–Kier alpha value is -2.24. The van der Waals surface area contributed by atoms with Crippen LogP contribution in [0.5, 0.6) is 11.5 Å². The number of aromatic carboxylic acids is 1. The molecule has 0 aromatic heterocycles. The molecule has 0 unspecified atom stereocenters. The summed E-state index contributed by atoms with van der Waals surface area (Å²) in [5.41, 5.74) is 0.00400. The van der Waals surface area contributed by atoms with Crippen molar-refractivity contribution in [1.29, 1.82) is 0 Å². The number of ether oxygens (including phenoxy) is 1. The molecule has 2 aromatic rings. The second-order valence-electron chi connectivity index (χ2n) is 4.71. The van der Waals surface area contributed by atoms with Crippen LogP contribution in [0.4, 0.5) is 0 Å². The minimum Gasteiger partial charge on any atom is -0.507 e. The molecule has 0 fully saturated rings. The van der Waals surface area contributed by atoms with E-state index < -0.39 is 17.5 Å². The Morgan fingerprint density at radius 1 is 1.17 bits per heavy atom. The molecule has 0 saturated heterocycles. The second kappa shape index (κ2) is 6.89. The third-order valence-corrected chi connectivity index (χ3v) is 3.75. The molecular formula is C16H12Cl2O5. The zero-order valence-electron chi connectivity index (χ0n) is 12.0. The Balaban J connectivity index is 2.44. The lowest BCUT2D eigenvalue weighted by molar-refractivity contribution is 0.0692. The van der Waals surface area contributed by atoms with Gasteiger partial charge in [0.2, 0.25) is 0 Å². The van der Waals surface area contributed by atoms with E-state index in [1.807, 2.05) is 0 Å². The van der Waals surface area contributed by atoms with Crippen molar-refractivity contribution in [2.24, 2.45) is 0 Å². The standard InChI is InChI=1S/C16H12Cl2O5/c1-23-10-4-8(15(16(21)22)14(20)7-10)5-13(19)11-3-2-9(17)6-12(11)18/h2-4,6-7,20H,5H2,1H3,(H,21,22). The Kier molecular flexibility index (Phi) is 5.13. The fourth-order valence-corrected chi connectivity index (χ4v) is 2.66. The lowest BCUT2D eigenvalue weighted by Crippen LogP contribution is -2.10. The summed E-state index contributed by atoms with van der Waals surface area (Å²) in [7, 11) is 1.37. The van der Waals surface area contributed by atoms with Crippen LogP contribution in [-0.2, 0) is 6.42 Å². The fourth-order valence-electron chi connectivity index (χ4n) is 2.14. The van der Waals surface area contributed by atoms with E-state index in [2.05, 4.69) is 0 Å². The number of halogens is 2. The van der Waals surface area contributed by atoms with Gasteiger partial charge in [-0.15, -0.1) is 0 Å². The lowest BCUT2D eigenvalue weighted by atomic mass is 9.97. The highest BCUT2D eigenvalue weighted by Crippen LogP contribution is 2.30. The summed E-state index contributed by atoms with van der Waals surface area (Å²) in [5, 5.41) is 19.6. The normalized spacial score (nSPS) is 10.4. The van der Waals surface area contributed by atoms with Crippen molar-refractivity contribution >= 4 is 35.0 Å². The summed E-state index contributed by atoms with van der Waals surface area (Å²) in [6, 6.07) is 6.98. The van der Waals surface area contributed by atoms with Crippen LogP contribution in [0.1, 0.15) is 26.3 Å². The molecule has 0 atom stereocenters. The number of hydrogen-bond acceptors (Lipinski definition) is 4. The van der Waals surface area contributed by atoms with Crippen molar-refractivity contribution in [3.8, 4) is 11.5 Å². The van der Waals surface area contributed by atoms with Gasteiger partial charge in [0.15, 0.2) is 5.78 Å². The summed E-state index contributed by atoms with van der Waals surface area (Å²) < 4.78 is 4.99. The molecule has 0 amide bonds. The van der Waals surface area contributed by atoms with Gasteiger partial charge in [0, 0.05) is 23.1 Å². The van der Waals surface area contributed by atoms with E-state index in [0.717, 1.165) is 0 Å². The van der Waals surface area contributed by atoms with Gasteiger partial charge in [0.25, 0.3) is 0 Å². The quantitative estimate of drug-likeness (QED) is 0.797. The average Bonchev–Trinajstić information content (AvgIpc) is 2.45. The van der Waals surface area contributed by atoms with E-state index >= 15 is 0 Å². The Bertz CT molecular complexity index is 786. The fraction of sp³-hybridized carbons (Fsp3) is 0.125. The summed E-state index contributed by atoms with van der Waals surface area (Å²) in [5.74, 6) is -1.96. The number of ketones is 1. The van der Waals surface area contributed by atoms with Crippen molar-refractivity contribution in [3.63, 3.8) is 0 Å². The summed E-state index contributed by atoms with van der Waals surface area (Å²) in [6.07, 6.45) is -0.256. The molecule has 2 N–H and O–H groups in total. The number of carboxylic acid groups (broad SMARTS) is 1. The van der Waals surface area contributed by atoms with Gasteiger partial charge in [-0.3, -0.25) is 4.79 Å². The molecule has 2 rings (SSSR count). The van der Waals surface area contributed by atoms with Crippen LogP contribution in [0.2, 0.25) is 10.0 Å². The first kappa shape index (κ1) is 17.1. The van der Waals surface area contributed by atoms with Crippen LogP contribution in [-0.4, -0.2) is 29.1 Å². The monoisotopic (exact) mass is 354 g/mol. The van der Waals surface area contributed by atoms with Gasteiger partial charge >= 0.3 is 5.97 Å². The first-order valence-corrected chi connectivity index (χ1v) is 7.20. The molecule has 0 aliphatic rings. The van der Waals surface area contributed by atoms with E-state index in [4.69, 9.17) is 27.9 Å². The van der Waals surface area contributed by atoms with E-state index in [-0.39, 0.29) is 33.9 Å². The largest absolute Gasteiger partial charge is 0.507 e. The van der Waals surface area contributed by atoms with Crippen molar-refractivity contribution in [3.05, 3.63) is 57.1 Å². The lowest BCUT2D eigenvalue weighted by Gasteiger charge is -2.11. The van der Waals surface area contributed by atoms with Crippen LogP contribution < -0.4 is 4.74 Å². The molecule has 0 spiro atoms. The molecule has 5 nitrogen and oxygen atoms in total. The van der Waals surface area contributed by atoms with E-state index in [0.29, 0.717) is 5.02 Å². The molecule has 0 saturated carbocycles. The van der Waals surface area contributed by atoms with E-state index in [9.17, 15) is 19.8 Å². The minimum absolute atomic E-state index is 0.130. The highest BCUT2D eigenvalue weighted by Gasteiger charge is 2.21. The van der Waals surface area contributed by atoms with Crippen molar-refractivity contribution in [2.75, 3.05) is 7.11 Å². The van der Waals surface area contributed by atoms with Gasteiger partial charge in [-0.2, -0.15) is 0 Å². The van der Waals surface area contributed by atoms with E-state index in [1.165, 1.54) is 37.4 Å². The molecule has 0 aliphatic carbocycles. The number of carbonyl (C=O) groups is 2. The summed E-state index contributed by atoms with van der Waals surface area (Å²) in [6.45, 7) is 0. The number of phenols is 1. The third-order valence-electron chi connectivity index (χ3n) is 3.20. The van der Waals surface area contributed by atoms with Crippen LogP contribution >= 0.6 is 23.2 Å². The molecule has 23 heavy (non-hydrogen) atoms. The number of carboxylic acids is 1. The van der Waals surface area contributed by atoms with Crippen LogP contribution in [0.15, 0.2) is 30.3 Å². The zero-order chi connectivity index (χ0) is 17.1. The molecule has 7 heteroatoms. The van der Waals surface area contributed by atoms with Crippen LogP contribution in [0, 0.1) is 0 Å². The van der Waals surface area contributed by atoms with E-state index in [1.54, 1.807) is 0 Å². The smallest absolute Gasteiger partial charge is 0.339 e. The zero-order valence-corrected chi connectivity index (χ0v) is 13.5. The number of benzene rings is 2. The number of carbonyl (C=O) groups excluding carboxylic acids is 1. The number of methoxy groups -OCH3 is 1. The highest BCUT2D eigenvalue weighted by molar-refractivity contribution is 6.36. The SMILES string of the molecule is COc1cc(O)c(C(=O)O)c(CC(=O)c2ccc(Cl)cc2Cl)c1. The molecule has 0 heterocycles.